The third kappa shape index (κ3) is 8.98. The van der Waals surface area contributed by atoms with Gasteiger partial charge in [0.05, 0.1) is 17.0 Å². The van der Waals surface area contributed by atoms with E-state index in [2.05, 4.69) is 0 Å². The van der Waals surface area contributed by atoms with Gasteiger partial charge in [0.2, 0.25) is 0 Å². The summed E-state index contributed by atoms with van der Waals surface area (Å²) < 4.78 is 1.59. The number of nitro groups is 1. The summed E-state index contributed by atoms with van der Waals surface area (Å²) in [6, 6.07) is 3.83. The van der Waals surface area contributed by atoms with Crippen LogP contribution in [0.5, 0.6) is 5.75 Å². The zero-order valence-corrected chi connectivity index (χ0v) is 23.6. The number of halogens is 1. The van der Waals surface area contributed by atoms with E-state index in [0.29, 0.717) is 5.56 Å². The molecule has 0 radical (unpaired) electrons. The van der Waals surface area contributed by atoms with Crippen LogP contribution < -0.4 is 0 Å². The number of nitrogens with zero attached hydrogens (tertiary/aromatic N) is 1. The topological polar surface area (TPSA) is 63.4 Å². The smallest absolute Gasteiger partial charge is 0.358 e. The van der Waals surface area contributed by atoms with Crippen molar-refractivity contribution in [3.8, 4) is 5.75 Å². The van der Waals surface area contributed by atoms with E-state index >= 15 is 0 Å². The quantitative estimate of drug-likeness (QED) is 0.125. The van der Waals surface area contributed by atoms with Crippen molar-refractivity contribution in [3.05, 3.63) is 41.3 Å². The SMILES string of the molecule is C1CCC([PH+](C2CCCCC2)C2CCCCC2)CC1.O=[N+]([O-])c1ccc(O)c([CH]=[Ru][Cl])c1.[CH3-]. The molecule has 0 amide bonds. The maximum Gasteiger partial charge on any atom is -0.358 e. The Labute approximate surface area is 213 Å². The first-order valence-corrected chi connectivity index (χ1v) is 17.5. The van der Waals surface area contributed by atoms with Gasteiger partial charge in [-0.15, -0.1) is 0 Å². The van der Waals surface area contributed by atoms with Crippen LogP contribution in [0.3, 0.4) is 0 Å². The fraction of sp³-hybridized carbons (Fsp3) is 0.692. The molecule has 0 saturated heterocycles. The summed E-state index contributed by atoms with van der Waals surface area (Å²) in [7, 11) is 5.45. The van der Waals surface area contributed by atoms with Crippen LogP contribution in [-0.4, -0.2) is 31.6 Å². The van der Waals surface area contributed by atoms with Gasteiger partial charge in [0, 0.05) is 7.92 Å². The van der Waals surface area contributed by atoms with Crippen LogP contribution in [0, 0.1) is 17.5 Å². The fourth-order valence-corrected chi connectivity index (χ4v) is 12.4. The Kier molecular flexibility index (Phi) is 13.6. The number of benzene rings is 1. The molecule has 1 aromatic rings. The molecule has 4 rings (SSSR count). The second-order valence-electron chi connectivity index (χ2n) is 9.68. The van der Waals surface area contributed by atoms with Crippen LogP contribution >= 0.6 is 17.6 Å². The molecule has 1 N–H and O–H groups in total. The molecule has 0 heterocycles. The largest absolute Gasteiger partial charge is 0.358 e. The minimum Gasteiger partial charge on any atom is -0.358 e. The van der Waals surface area contributed by atoms with Crippen molar-refractivity contribution in [1.82, 2.24) is 0 Å². The van der Waals surface area contributed by atoms with Crippen LogP contribution in [0.2, 0.25) is 0 Å². The van der Waals surface area contributed by atoms with Gasteiger partial charge in [-0.3, -0.25) is 0 Å². The number of hydrogen-bond acceptors (Lipinski definition) is 3. The van der Waals surface area contributed by atoms with Gasteiger partial charge in [-0.25, -0.2) is 0 Å². The van der Waals surface area contributed by atoms with Gasteiger partial charge in [-0.05, 0) is 77.0 Å². The number of non-ortho nitro benzene ring substituents is 1. The molecule has 0 unspecified atom stereocenters. The molecule has 0 spiro atoms. The molecule has 0 aliphatic heterocycles. The van der Waals surface area contributed by atoms with Crippen LogP contribution in [0.4, 0.5) is 5.69 Å². The minimum atomic E-state index is -0.513. The Bertz CT molecular complexity index is 702. The molecule has 0 aromatic heterocycles. The molecule has 0 bridgehead atoms. The van der Waals surface area contributed by atoms with Crippen LogP contribution in [0.1, 0.15) is 102 Å². The van der Waals surface area contributed by atoms with Crippen LogP contribution in [-0.2, 0) is 15.7 Å². The molecule has 3 saturated carbocycles. The number of nitro benzene ring substituents is 1. The minimum absolute atomic E-state index is 0. The Balaban J connectivity index is 0.000000244. The first kappa shape index (κ1) is 28.9. The molecule has 33 heavy (non-hydrogen) atoms. The zero-order chi connectivity index (χ0) is 22.8. The Hall–Kier alpha value is -0.367. The maximum atomic E-state index is 10.4. The van der Waals surface area contributed by atoms with E-state index in [1.54, 1.807) is 101 Å². The van der Waals surface area contributed by atoms with Crippen molar-refractivity contribution in [2.24, 2.45) is 0 Å². The summed E-state index contributed by atoms with van der Waals surface area (Å²) in [6.45, 7) is 0. The molecule has 189 valence electrons. The van der Waals surface area contributed by atoms with Gasteiger partial charge < -0.3 is 7.43 Å². The summed E-state index contributed by atoms with van der Waals surface area (Å²) in [5, 5.41) is 19.6. The standard InChI is InChI=1S/C18H33P.C7H5NO3.CH3.ClH.Ru/c1-4-10-16(11-5-1)19(17-12-6-2-7-13-17)18-14-8-3-9-15-18;1-5-4-6(8(10)11)2-3-7(5)9;;;/h16-18H,1-15H2;1-4,9H;1H3;1H;/q;;-1;;+1. The molecule has 0 atom stereocenters. The van der Waals surface area contributed by atoms with Crippen molar-refractivity contribution >= 4 is 27.9 Å². The average Bonchev–Trinajstić information content (AvgIpc) is 2.83. The van der Waals surface area contributed by atoms with E-state index in [1.807, 2.05) is 0 Å². The van der Waals surface area contributed by atoms with Gasteiger partial charge in [0.25, 0.3) is 0 Å². The van der Waals surface area contributed by atoms with Crippen LogP contribution in [0.15, 0.2) is 18.2 Å². The summed E-state index contributed by atoms with van der Waals surface area (Å²) in [5.74, 6) is 0.0144. The molecule has 3 aliphatic carbocycles. The van der Waals surface area contributed by atoms with Gasteiger partial charge in [0.15, 0.2) is 0 Å². The summed E-state index contributed by atoms with van der Waals surface area (Å²) in [5.41, 5.74) is 4.05. The Morgan fingerprint density at radius 1 is 0.879 bits per heavy atom. The van der Waals surface area contributed by atoms with Crippen molar-refractivity contribution in [3.63, 3.8) is 0 Å². The molecule has 3 aliphatic rings. The Morgan fingerprint density at radius 3 is 1.67 bits per heavy atom. The van der Waals surface area contributed by atoms with Crippen LogP contribution in [0.25, 0.3) is 0 Å². The molecule has 4 nitrogen and oxygen atoms in total. The summed E-state index contributed by atoms with van der Waals surface area (Å²) in [4.78, 5) is 9.84. The predicted octanol–water partition coefficient (Wildman–Crippen LogP) is 8.34. The van der Waals surface area contributed by atoms with Gasteiger partial charge >= 0.3 is 85.3 Å². The zero-order valence-electron chi connectivity index (χ0n) is 20.1. The number of aromatic hydroxyl groups is 1. The number of phenolic OH excluding ortho intramolecular Hbond substituents is 1. The second-order valence-corrected chi connectivity index (χ2v) is 14.9. The molecule has 3 fully saturated rings. The normalized spacial score (nSPS) is 21.0. The van der Waals surface area contributed by atoms with Crippen molar-refractivity contribution < 1.29 is 25.7 Å². The molecular weight excluding hydrogens is 542 g/mol. The molecule has 1 aromatic carbocycles. The van der Waals surface area contributed by atoms with E-state index < -0.39 is 20.6 Å². The van der Waals surface area contributed by atoms with Gasteiger partial charge in [-0.2, -0.15) is 0 Å². The third-order valence-electron chi connectivity index (χ3n) is 7.60. The van der Waals surface area contributed by atoms with Gasteiger partial charge in [-0.1, -0.05) is 19.3 Å². The second kappa shape index (κ2) is 15.6. The van der Waals surface area contributed by atoms with E-state index in [4.69, 9.17) is 9.69 Å². The predicted molar refractivity (Wildman–Crippen MR) is 141 cm³/mol. The summed E-state index contributed by atoms with van der Waals surface area (Å²) in [6.07, 6.45) is 23.8. The number of hydrogen-bond donors (Lipinski definition) is 1. The fourth-order valence-electron chi connectivity index (χ4n) is 6.09. The summed E-state index contributed by atoms with van der Waals surface area (Å²) >= 11 is -0.500. The first-order chi connectivity index (χ1) is 15.6. The monoisotopic (exact) mass is 584 g/mol. The average molecular weight is 584 g/mol. The van der Waals surface area contributed by atoms with E-state index in [9.17, 15) is 15.2 Å². The van der Waals surface area contributed by atoms with E-state index in [0.717, 1.165) is 0 Å². The maximum absolute atomic E-state index is 10.4. The third-order valence-corrected chi connectivity index (χ3v) is 13.3. The number of phenols is 1. The van der Waals surface area contributed by atoms with Crippen molar-refractivity contribution in [2.45, 2.75) is 113 Å². The van der Waals surface area contributed by atoms with Crippen molar-refractivity contribution in [1.29, 1.82) is 0 Å². The first-order valence-electron chi connectivity index (χ1n) is 12.5. The van der Waals surface area contributed by atoms with E-state index in [-0.39, 0.29) is 26.8 Å². The van der Waals surface area contributed by atoms with E-state index in [1.165, 1.54) is 35.2 Å². The molecule has 7 heteroatoms. The molecular formula is C26H42ClNO3PRu. The number of rotatable bonds is 5. The van der Waals surface area contributed by atoms with Crippen molar-refractivity contribution in [2.75, 3.05) is 0 Å². The van der Waals surface area contributed by atoms with Gasteiger partial charge in [0.1, 0.15) is 0 Å². The Morgan fingerprint density at radius 2 is 1.30 bits per heavy atom.